The van der Waals surface area contributed by atoms with E-state index >= 15 is 0 Å². The second kappa shape index (κ2) is 8.91. The van der Waals surface area contributed by atoms with Crippen molar-refractivity contribution in [3.63, 3.8) is 0 Å². The molecule has 0 saturated heterocycles. The minimum Gasteiger partial charge on any atom is -0.493 e. The molecule has 0 fully saturated rings. The molecule has 3 aromatic carbocycles. The van der Waals surface area contributed by atoms with Gasteiger partial charge in [0.15, 0.2) is 11.5 Å². The smallest absolute Gasteiger partial charge is 0.161 e. The fourth-order valence-electron chi connectivity index (χ4n) is 3.62. The second-order valence-electron chi connectivity index (χ2n) is 7.11. The maximum Gasteiger partial charge on any atom is 0.161 e. The molecular weight excluding hydrogens is 376 g/mol. The van der Waals surface area contributed by atoms with Crippen LogP contribution in [-0.4, -0.2) is 30.4 Å². The molecule has 0 aliphatic rings. The predicted molar refractivity (Wildman–Crippen MR) is 120 cm³/mol. The van der Waals surface area contributed by atoms with Gasteiger partial charge in [-0.3, -0.25) is 0 Å². The van der Waals surface area contributed by atoms with E-state index in [1.165, 1.54) is 0 Å². The van der Waals surface area contributed by atoms with E-state index in [-0.39, 0.29) is 0 Å². The Balaban J connectivity index is 1.60. The first-order chi connectivity index (χ1) is 14.7. The molecule has 0 spiro atoms. The first-order valence-electron chi connectivity index (χ1n) is 10.1. The van der Waals surface area contributed by atoms with Crippen LogP contribution in [0, 0.1) is 6.92 Å². The van der Waals surface area contributed by atoms with E-state index in [0.29, 0.717) is 18.1 Å². The minimum absolute atomic E-state index is 0.642. The van der Waals surface area contributed by atoms with Crippen molar-refractivity contribution < 1.29 is 14.2 Å². The number of hydrogen-bond acceptors (Lipinski definition) is 4. The lowest BCUT2D eigenvalue weighted by Gasteiger charge is -2.13. The summed E-state index contributed by atoms with van der Waals surface area (Å²) < 4.78 is 19.1. The summed E-state index contributed by atoms with van der Waals surface area (Å²) in [7, 11) is 3.29. The van der Waals surface area contributed by atoms with Crippen molar-refractivity contribution in [2.75, 3.05) is 20.8 Å². The summed E-state index contributed by atoms with van der Waals surface area (Å²) in [4.78, 5) is 4.89. The van der Waals surface area contributed by atoms with Gasteiger partial charge in [0, 0.05) is 12.1 Å². The van der Waals surface area contributed by atoms with Crippen molar-refractivity contribution in [3.05, 3.63) is 72.3 Å². The number of ether oxygens (including phenoxy) is 3. The molecule has 0 bridgehead atoms. The predicted octanol–water partition coefficient (Wildman–Crippen LogP) is 5.50. The molecule has 5 nitrogen and oxygen atoms in total. The first kappa shape index (κ1) is 19.8. The van der Waals surface area contributed by atoms with Crippen LogP contribution in [0.15, 0.2) is 66.7 Å². The molecule has 0 radical (unpaired) electrons. The Bertz CT molecular complexity index is 1150. The third-order valence-electron chi connectivity index (χ3n) is 5.17. The van der Waals surface area contributed by atoms with Gasteiger partial charge in [0.2, 0.25) is 0 Å². The van der Waals surface area contributed by atoms with Gasteiger partial charge in [-0.15, -0.1) is 0 Å². The van der Waals surface area contributed by atoms with Crippen LogP contribution in [0.25, 0.3) is 22.4 Å². The van der Waals surface area contributed by atoms with Crippen LogP contribution >= 0.6 is 0 Å². The lowest BCUT2D eigenvalue weighted by Crippen LogP contribution is -2.06. The third kappa shape index (κ3) is 3.96. The third-order valence-corrected chi connectivity index (χ3v) is 5.17. The standard InChI is InChI=1S/C25H26N2O3/c1-18-9-4-7-12-22(18)30-16-8-15-27-21-11-6-5-10-20(21)26-25(27)19-13-14-23(28-2)24(17-19)29-3/h4-7,9-14,17H,8,15-16H2,1-3H3. The number of fused-ring (bicyclic) bond motifs is 1. The first-order valence-corrected chi connectivity index (χ1v) is 10.1. The number of methoxy groups -OCH3 is 2. The number of rotatable bonds is 8. The Kier molecular flexibility index (Phi) is 5.89. The van der Waals surface area contributed by atoms with Crippen LogP contribution < -0.4 is 14.2 Å². The highest BCUT2D eigenvalue weighted by Gasteiger charge is 2.15. The molecule has 154 valence electrons. The van der Waals surface area contributed by atoms with Crippen molar-refractivity contribution >= 4 is 11.0 Å². The Morgan fingerprint density at radius 2 is 1.60 bits per heavy atom. The summed E-state index contributed by atoms with van der Waals surface area (Å²) in [5, 5.41) is 0. The Labute approximate surface area is 176 Å². The average molecular weight is 402 g/mol. The number of nitrogens with zero attached hydrogens (tertiary/aromatic N) is 2. The fraction of sp³-hybridized carbons (Fsp3) is 0.240. The lowest BCUT2D eigenvalue weighted by atomic mass is 10.2. The highest BCUT2D eigenvalue weighted by atomic mass is 16.5. The Morgan fingerprint density at radius 1 is 0.833 bits per heavy atom. The van der Waals surface area contributed by atoms with Gasteiger partial charge < -0.3 is 18.8 Å². The van der Waals surface area contributed by atoms with E-state index < -0.39 is 0 Å². The summed E-state index contributed by atoms with van der Waals surface area (Å²) in [6, 6.07) is 22.2. The van der Waals surface area contributed by atoms with Crippen LogP contribution in [0.2, 0.25) is 0 Å². The van der Waals surface area contributed by atoms with Crippen molar-refractivity contribution in [2.45, 2.75) is 19.9 Å². The zero-order valence-electron chi connectivity index (χ0n) is 17.6. The average Bonchev–Trinajstić information content (AvgIpc) is 3.16. The fourth-order valence-corrected chi connectivity index (χ4v) is 3.62. The van der Waals surface area contributed by atoms with Gasteiger partial charge in [0.25, 0.3) is 0 Å². The number of imidazole rings is 1. The van der Waals surface area contributed by atoms with E-state index in [4.69, 9.17) is 19.2 Å². The molecule has 5 heteroatoms. The second-order valence-corrected chi connectivity index (χ2v) is 7.11. The summed E-state index contributed by atoms with van der Waals surface area (Å²) in [5.41, 5.74) is 4.22. The molecule has 0 unspecified atom stereocenters. The van der Waals surface area contributed by atoms with Gasteiger partial charge in [0.1, 0.15) is 11.6 Å². The van der Waals surface area contributed by atoms with Gasteiger partial charge in [-0.1, -0.05) is 30.3 Å². The van der Waals surface area contributed by atoms with Crippen LogP contribution in [0.4, 0.5) is 0 Å². The van der Waals surface area contributed by atoms with Crippen LogP contribution in [0.1, 0.15) is 12.0 Å². The van der Waals surface area contributed by atoms with Gasteiger partial charge in [-0.05, 0) is 55.3 Å². The molecule has 0 aliphatic carbocycles. The molecule has 4 rings (SSSR count). The normalized spacial score (nSPS) is 10.9. The van der Waals surface area contributed by atoms with Crippen LogP contribution in [-0.2, 0) is 6.54 Å². The largest absolute Gasteiger partial charge is 0.493 e. The Morgan fingerprint density at radius 3 is 2.40 bits per heavy atom. The molecule has 0 N–H and O–H groups in total. The molecule has 0 amide bonds. The van der Waals surface area contributed by atoms with Crippen LogP contribution in [0.5, 0.6) is 17.2 Å². The molecule has 1 heterocycles. The zero-order chi connectivity index (χ0) is 20.9. The van der Waals surface area contributed by atoms with E-state index in [0.717, 1.165) is 46.7 Å². The maximum atomic E-state index is 5.99. The molecular formula is C25H26N2O3. The summed E-state index contributed by atoms with van der Waals surface area (Å²) in [5.74, 6) is 3.24. The SMILES string of the molecule is COc1ccc(-c2nc3ccccc3n2CCCOc2ccccc2C)cc1OC. The number of benzene rings is 3. The molecule has 0 aliphatic heterocycles. The highest BCUT2D eigenvalue weighted by molar-refractivity contribution is 5.81. The maximum absolute atomic E-state index is 5.99. The monoisotopic (exact) mass is 402 g/mol. The summed E-state index contributed by atoms with van der Waals surface area (Å²) >= 11 is 0. The van der Waals surface area contributed by atoms with Gasteiger partial charge in [-0.2, -0.15) is 0 Å². The Hall–Kier alpha value is -3.47. The van der Waals surface area contributed by atoms with Crippen molar-refractivity contribution in [2.24, 2.45) is 0 Å². The molecule has 4 aromatic rings. The van der Waals surface area contributed by atoms with Crippen molar-refractivity contribution in [1.29, 1.82) is 0 Å². The van der Waals surface area contributed by atoms with Crippen LogP contribution in [0.3, 0.4) is 0 Å². The van der Waals surface area contributed by atoms with Gasteiger partial charge in [-0.25, -0.2) is 4.98 Å². The number of aryl methyl sites for hydroxylation is 2. The topological polar surface area (TPSA) is 45.5 Å². The number of hydrogen-bond donors (Lipinski definition) is 0. The van der Waals surface area contributed by atoms with Gasteiger partial charge >= 0.3 is 0 Å². The highest BCUT2D eigenvalue weighted by Crippen LogP contribution is 2.33. The van der Waals surface area contributed by atoms with E-state index in [9.17, 15) is 0 Å². The quantitative estimate of drug-likeness (QED) is 0.365. The van der Waals surface area contributed by atoms with Crippen molar-refractivity contribution in [3.8, 4) is 28.6 Å². The van der Waals surface area contributed by atoms with E-state index in [2.05, 4.69) is 23.6 Å². The zero-order valence-corrected chi connectivity index (χ0v) is 17.6. The molecule has 0 saturated carbocycles. The molecule has 0 atom stereocenters. The molecule has 1 aromatic heterocycles. The summed E-state index contributed by atoms with van der Waals surface area (Å²) in [6.07, 6.45) is 0.870. The number of para-hydroxylation sites is 3. The molecule has 30 heavy (non-hydrogen) atoms. The van der Waals surface area contributed by atoms with E-state index in [1.54, 1.807) is 14.2 Å². The van der Waals surface area contributed by atoms with Crippen molar-refractivity contribution in [1.82, 2.24) is 9.55 Å². The lowest BCUT2D eigenvalue weighted by molar-refractivity contribution is 0.301. The number of aromatic nitrogens is 2. The summed E-state index contributed by atoms with van der Waals surface area (Å²) in [6.45, 7) is 3.51. The van der Waals surface area contributed by atoms with E-state index in [1.807, 2.05) is 54.6 Å². The minimum atomic E-state index is 0.642. The van der Waals surface area contributed by atoms with Gasteiger partial charge in [0.05, 0.1) is 31.9 Å².